The molecule has 0 amide bonds. The van der Waals surface area contributed by atoms with Gasteiger partial charge in [0, 0.05) is 54.9 Å². The van der Waals surface area contributed by atoms with E-state index in [0.29, 0.717) is 22.8 Å². The second-order valence-electron chi connectivity index (χ2n) is 7.96. The van der Waals surface area contributed by atoms with E-state index in [-0.39, 0.29) is 0 Å². The minimum atomic E-state index is 0.449. The summed E-state index contributed by atoms with van der Waals surface area (Å²) in [6.45, 7) is 5.13. The van der Waals surface area contributed by atoms with Crippen LogP contribution in [0.5, 0.6) is 0 Å². The van der Waals surface area contributed by atoms with Crippen molar-refractivity contribution in [3.05, 3.63) is 35.4 Å². The zero-order valence-corrected chi connectivity index (χ0v) is 18.5. The Kier molecular flexibility index (Phi) is 4.70. The maximum Gasteiger partial charge on any atom is 0.196 e. The van der Waals surface area contributed by atoms with Crippen molar-refractivity contribution in [1.82, 2.24) is 35.2 Å². The van der Waals surface area contributed by atoms with Gasteiger partial charge in [-0.15, -0.1) is 0 Å². The first-order chi connectivity index (χ1) is 15.2. The number of halogens is 1. The fraction of sp³-hybridized carbons (Fsp3) is 0.381. The van der Waals surface area contributed by atoms with E-state index in [1.165, 1.54) is 18.2 Å². The van der Waals surface area contributed by atoms with Crippen LogP contribution in [0.4, 0.5) is 5.82 Å². The molecule has 2 atom stereocenters. The maximum absolute atomic E-state index is 6.78. The molecule has 2 fully saturated rings. The molecule has 2 aliphatic heterocycles. The van der Waals surface area contributed by atoms with Crippen LogP contribution in [-0.4, -0.2) is 55.6 Å². The highest BCUT2D eigenvalue weighted by molar-refractivity contribution is 7.99. The molecule has 2 unspecified atom stereocenters. The van der Waals surface area contributed by atoms with Crippen LogP contribution < -0.4 is 10.2 Å². The standard InChI is InChI=1S/C21H21ClN8S/c1-2-13-17(22)16-19(27-13)28-21(29-20(16)30-6-3-11-8-23-10-15(11)30)31-12-7-14-18(26-9-12)25-5-4-24-14/h4-5,7,9,11,15,23H,2-3,6,8,10H2,1H3,(H,27,28,29). The van der Waals surface area contributed by atoms with E-state index in [2.05, 4.69) is 37.1 Å². The predicted molar refractivity (Wildman–Crippen MR) is 122 cm³/mol. The number of nitrogens with one attached hydrogen (secondary N) is 2. The lowest BCUT2D eigenvalue weighted by molar-refractivity contribution is 0.577. The van der Waals surface area contributed by atoms with E-state index in [4.69, 9.17) is 21.6 Å². The van der Waals surface area contributed by atoms with Gasteiger partial charge in [0.15, 0.2) is 10.8 Å². The maximum atomic E-state index is 6.78. The summed E-state index contributed by atoms with van der Waals surface area (Å²) in [5.74, 6) is 1.59. The summed E-state index contributed by atoms with van der Waals surface area (Å²) in [6.07, 6.45) is 7.10. The van der Waals surface area contributed by atoms with Crippen molar-refractivity contribution in [2.45, 2.75) is 35.9 Å². The first kappa shape index (κ1) is 19.2. The highest BCUT2D eigenvalue weighted by atomic mass is 35.5. The van der Waals surface area contributed by atoms with Gasteiger partial charge in [0.25, 0.3) is 0 Å². The van der Waals surface area contributed by atoms with E-state index >= 15 is 0 Å². The monoisotopic (exact) mass is 452 g/mol. The largest absolute Gasteiger partial charge is 0.351 e. The zero-order chi connectivity index (χ0) is 20.9. The SMILES string of the molecule is CCc1[nH]c2nc(Sc3cnc4nccnc4c3)nc(N3CCC4CNCC43)c2c1Cl. The molecular weight excluding hydrogens is 432 g/mol. The van der Waals surface area contributed by atoms with Crippen LogP contribution in [0.1, 0.15) is 19.0 Å². The van der Waals surface area contributed by atoms with Crippen LogP contribution in [0.25, 0.3) is 22.2 Å². The highest BCUT2D eigenvalue weighted by Gasteiger charge is 2.39. The Morgan fingerprint density at radius 2 is 2.10 bits per heavy atom. The van der Waals surface area contributed by atoms with Crippen molar-refractivity contribution in [2.24, 2.45) is 5.92 Å². The summed E-state index contributed by atoms with van der Waals surface area (Å²) in [4.78, 5) is 29.6. The van der Waals surface area contributed by atoms with Crippen molar-refractivity contribution in [3.63, 3.8) is 0 Å². The van der Waals surface area contributed by atoms with Crippen molar-refractivity contribution < 1.29 is 0 Å². The summed E-state index contributed by atoms with van der Waals surface area (Å²) in [5.41, 5.74) is 3.17. The molecule has 158 valence electrons. The fourth-order valence-corrected chi connectivity index (χ4v) is 5.79. The molecule has 8 nitrogen and oxygen atoms in total. The van der Waals surface area contributed by atoms with Crippen molar-refractivity contribution >= 4 is 51.4 Å². The Morgan fingerprint density at radius 3 is 3.00 bits per heavy atom. The van der Waals surface area contributed by atoms with Gasteiger partial charge in [-0.2, -0.15) is 0 Å². The quantitative estimate of drug-likeness (QED) is 0.454. The van der Waals surface area contributed by atoms with E-state index in [9.17, 15) is 0 Å². The lowest BCUT2D eigenvalue weighted by Crippen LogP contribution is -2.35. The molecule has 31 heavy (non-hydrogen) atoms. The third-order valence-corrected chi connectivity index (χ3v) is 7.44. The third kappa shape index (κ3) is 3.22. The summed E-state index contributed by atoms with van der Waals surface area (Å²) in [6, 6.07) is 2.42. The zero-order valence-electron chi connectivity index (χ0n) is 17.0. The van der Waals surface area contributed by atoms with Crippen LogP contribution in [0.3, 0.4) is 0 Å². The van der Waals surface area contributed by atoms with Gasteiger partial charge in [-0.1, -0.05) is 18.5 Å². The molecule has 4 aromatic rings. The van der Waals surface area contributed by atoms with Gasteiger partial charge in [-0.25, -0.2) is 19.9 Å². The molecule has 0 saturated carbocycles. The number of hydrogen-bond acceptors (Lipinski definition) is 8. The first-order valence-corrected chi connectivity index (χ1v) is 11.7. The van der Waals surface area contributed by atoms with E-state index in [1.807, 2.05) is 6.07 Å². The predicted octanol–water partition coefficient (Wildman–Crippen LogP) is 3.46. The summed E-state index contributed by atoms with van der Waals surface area (Å²) in [7, 11) is 0. The number of rotatable bonds is 4. The van der Waals surface area contributed by atoms with Gasteiger partial charge in [0.2, 0.25) is 0 Å². The molecule has 2 aliphatic rings. The molecule has 0 bridgehead atoms. The Labute approximate surface area is 188 Å². The molecule has 10 heteroatoms. The van der Waals surface area contributed by atoms with Gasteiger partial charge in [0.05, 0.1) is 10.4 Å². The lowest BCUT2D eigenvalue weighted by atomic mass is 10.1. The average molecular weight is 453 g/mol. The topological polar surface area (TPSA) is 95.5 Å². The Bertz CT molecular complexity index is 1290. The molecular formula is C21H21ClN8S. The van der Waals surface area contributed by atoms with Gasteiger partial charge in [-0.05, 0) is 36.6 Å². The number of aromatic amines is 1. The minimum absolute atomic E-state index is 0.449. The Hall–Kier alpha value is -2.49. The number of aryl methyl sites for hydroxylation is 1. The number of hydrogen-bond donors (Lipinski definition) is 2. The van der Waals surface area contributed by atoms with Gasteiger partial charge in [-0.3, -0.25) is 4.98 Å². The second-order valence-corrected chi connectivity index (χ2v) is 9.38. The van der Waals surface area contributed by atoms with Gasteiger partial charge in [0.1, 0.15) is 17.0 Å². The number of H-pyrrole nitrogens is 1. The van der Waals surface area contributed by atoms with Gasteiger partial charge >= 0.3 is 0 Å². The fourth-order valence-electron chi connectivity index (χ4n) is 4.68. The Balaban J connectivity index is 1.45. The van der Waals surface area contributed by atoms with Crippen LogP contribution in [0.15, 0.2) is 34.7 Å². The Morgan fingerprint density at radius 1 is 1.19 bits per heavy atom. The summed E-state index contributed by atoms with van der Waals surface area (Å²) >= 11 is 8.26. The molecule has 0 aromatic carbocycles. The summed E-state index contributed by atoms with van der Waals surface area (Å²) < 4.78 is 0. The molecule has 2 N–H and O–H groups in total. The number of pyridine rings is 1. The highest BCUT2D eigenvalue weighted by Crippen LogP contribution is 2.40. The van der Waals surface area contributed by atoms with E-state index in [0.717, 1.165) is 64.0 Å². The number of aromatic nitrogens is 6. The molecule has 6 rings (SSSR count). The van der Waals surface area contributed by atoms with Crippen LogP contribution in [0.2, 0.25) is 5.02 Å². The minimum Gasteiger partial charge on any atom is -0.351 e. The van der Waals surface area contributed by atoms with Crippen molar-refractivity contribution in [1.29, 1.82) is 0 Å². The molecule has 0 aliphatic carbocycles. The third-order valence-electron chi connectivity index (χ3n) is 6.20. The first-order valence-electron chi connectivity index (χ1n) is 10.5. The number of anilines is 1. The number of nitrogens with zero attached hydrogens (tertiary/aromatic N) is 6. The van der Waals surface area contributed by atoms with Crippen molar-refractivity contribution in [3.8, 4) is 0 Å². The molecule has 0 radical (unpaired) electrons. The number of fused-ring (bicyclic) bond motifs is 3. The normalized spacial score (nSPS) is 20.8. The molecule has 2 saturated heterocycles. The van der Waals surface area contributed by atoms with Crippen LogP contribution in [-0.2, 0) is 6.42 Å². The molecule has 4 aromatic heterocycles. The second kappa shape index (κ2) is 7.58. The summed E-state index contributed by atoms with van der Waals surface area (Å²) in [5, 5.41) is 5.86. The van der Waals surface area contributed by atoms with Gasteiger partial charge < -0.3 is 15.2 Å². The van der Waals surface area contributed by atoms with Crippen LogP contribution >= 0.6 is 23.4 Å². The van der Waals surface area contributed by atoms with Crippen LogP contribution in [0, 0.1) is 5.92 Å². The van der Waals surface area contributed by atoms with Crippen molar-refractivity contribution in [2.75, 3.05) is 24.5 Å². The molecule has 6 heterocycles. The smallest absolute Gasteiger partial charge is 0.196 e. The molecule has 0 spiro atoms. The van der Waals surface area contributed by atoms with E-state index < -0.39 is 0 Å². The lowest BCUT2D eigenvalue weighted by Gasteiger charge is -2.25. The van der Waals surface area contributed by atoms with E-state index in [1.54, 1.807) is 18.6 Å². The average Bonchev–Trinajstić information content (AvgIpc) is 3.48.